The summed E-state index contributed by atoms with van der Waals surface area (Å²) in [5.41, 5.74) is 0.395. The summed E-state index contributed by atoms with van der Waals surface area (Å²) in [6.45, 7) is 1.87. The molecule has 24 heavy (non-hydrogen) atoms. The number of anilines is 1. The van der Waals surface area contributed by atoms with E-state index < -0.39 is 23.2 Å². The van der Waals surface area contributed by atoms with Crippen molar-refractivity contribution in [2.45, 2.75) is 19.9 Å². The van der Waals surface area contributed by atoms with E-state index in [0.717, 1.165) is 17.7 Å². The zero-order valence-electron chi connectivity index (χ0n) is 13.1. The minimum atomic E-state index is -0.844. The third kappa shape index (κ3) is 4.84. The van der Waals surface area contributed by atoms with Crippen molar-refractivity contribution in [3.05, 3.63) is 59.9 Å². The number of amides is 2. The number of para-hydroxylation sites is 1. The van der Waals surface area contributed by atoms with Gasteiger partial charge in [0.15, 0.2) is 0 Å². The van der Waals surface area contributed by atoms with Gasteiger partial charge in [0.25, 0.3) is 0 Å². The van der Waals surface area contributed by atoms with Crippen LogP contribution in [0.2, 0.25) is 0 Å². The predicted molar refractivity (Wildman–Crippen MR) is 84.9 cm³/mol. The molecule has 0 unspecified atom stereocenters. The summed E-state index contributed by atoms with van der Waals surface area (Å²) >= 11 is 0. The lowest BCUT2D eigenvalue weighted by atomic mass is 10.2. The van der Waals surface area contributed by atoms with Crippen LogP contribution in [-0.4, -0.2) is 28.2 Å². The molecule has 0 aliphatic rings. The van der Waals surface area contributed by atoms with Crippen LogP contribution in [0.15, 0.2) is 42.7 Å². The molecule has 1 N–H and O–H groups in total. The van der Waals surface area contributed by atoms with Gasteiger partial charge in [-0.1, -0.05) is 6.07 Å². The second-order valence-corrected chi connectivity index (χ2v) is 5.19. The van der Waals surface area contributed by atoms with E-state index in [9.17, 15) is 18.4 Å². The molecule has 2 amide bonds. The summed E-state index contributed by atoms with van der Waals surface area (Å²) in [4.78, 5) is 29.0. The summed E-state index contributed by atoms with van der Waals surface area (Å²) in [6.07, 6.45) is 3.15. The van der Waals surface area contributed by atoms with Crippen LogP contribution in [0.5, 0.6) is 0 Å². The third-order valence-corrected chi connectivity index (χ3v) is 3.40. The molecule has 0 saturated carbocycles. The van der Waals surface area contributed by atoms with Gasteiger partial charge in [-0.15, -0.1) is 0 Å². The molecular formula is C17H17F2N3O2. The van der Waals surface area contributed by atoms with Crippen molar-refractivity contribution in [2.24, 2.45) is 0 Å². The number of pyridine rings is 1. The van der Waals surface area contributed by atoms with Gasteiger partial charge in [0.1, 0.15) is 17.3 Å². The number of nitrogens with one attached hydrogen (secondary N) is 1. The number of nitrogens with zero attached hydrogens (tertiary/aromatic N) is 2. The van der Waals surface area contributed by atoms with Gasteiger partial charge in [0.2, 0.25) is 11.8 Å². The number of hydrogen-bond donors (Lipinski definition) is 1. The van der Waals surface area contributed by atoms with Crippen LogP contribution in [0.25, 0.3) is 0 Å². The molecule has 2 aromatic rings. The quantitative estimate of drug-likeness (QED) is 0.884. The molecule has 0 spiro atoms. The van der Waals surface area contributed by atoms with E-state index >= 15 is 0 Å². The number of hydrogen-bond acceptors (Lipinski definition) is 3. The van der Waals surface area contributed by atoms with E-state index in [1.165, 1.54) is 17.9 Å². The zero-order chi connectivity index (χ0) is 17.5. The molecule has 1 aromatic carbocycles. The summed E-state index contributed by atoms with van der Waals surface area (Å²) in [7, 11) is 0. The molecule has 0 atom stereocenters. The Morgan fingerprint density at radius 3 is 2.33 bits per heavy atom. The summed E-state index contributed by atoms with van der Waals surface area (Å²) in [5.74, 6) is -2.45. The minimum absolute atomic E-state index is 0.0710. The first-order valence-corrected chi connectivity index (χ1v) is 7.35. The average Bonchev–Trinajstić information content (AvgIpc) is 2.55. The lowest BCUT2D eigenvalue weighted by Gasteiger charge is -2.21. The Morgan fingerprint density at radius 1 is 1.12 bits per heavy atom. The first kappa shape index (κ1) is 17.5. The molecule has 0 saturated heterocycles. The molecule has 0 aliphatic carbocycles. The van der Waals surface area contributed by atoms with Gasteiger partial charge < -0.3 is 10.2 Å². The maximum absolute atomic E-state index is 13.5. The SMILES string of the molecule is CC(=O)N(CCC(=O)Nc1c(F)cccc1F)Cc1ccncc1. The second-order valence-electron chi connectivity index (χ2n) is 5.19. The highest BCUT2D eigenvalue weighted by Gasteiger charge is 2.15. The van der Waals surface area contributed by atoms with Crippen molar-refractivity contribution >= 4 is 17.5 Å². The molecule has 1 aromatic heterocycles. The van der Waals surface area contributed by atoms with Crippen LogP contribution in [0, 0.1) is 11.6 Å². The maximum Gasteiger partial charge on any atom is 0.226 e. The number of halogens is 2. The van der Waals surface area contributed by atoms with Gasteiger partial charge >= 0.3 is 0 Å². The summed E-state index contributed by atoms with van der Waals surface area (Å²) in [6, 6.07) is 6.87. The van der Waals surface area contributed by atoms with Gasteiger partial charge in [0, 0.05) is 38.8 Å². The summed E-state index contributed by atoms with van der Waals surface area (Å²) in [5, 5.41) is 2.20. The van der Waals surface area contributed by atoms with Crippen molar-refractivity contribution in [1.29, 1.82) is 0 Å². The Balaban J connectivity index is 1.94. The van der Waals surface area contributed by atoms with Crippen LogP contribution in [0.4, 0.5) is 14.5 Å². The number of carbonyl (C=O) groups is 2. The highest BCUT2D eigenvalue weighted by atomic mass is 19.1. The molecule has 2 rings (SSSR count). The maximum atomic E-state index is 13.5. The fourth-order valence-corrected chi connectivity index (χ4v) is 2.11. The van der Waals surface area contributed by atoms with Gasteiger partial charge in [-0.05, 0) is 29.8 Å². The van der Waals surface area contributed by atoms with Crippen molar-refractivity contribution in [3.63, 3.8) is 0 Å². The first-order chi connectivity index (χ1) is 11.5. The normalized spacial score (nSPS) is 10.3. The molecule has 7 heteroatoms. The minimum Gasteiger partial charge on any atom is -0.338 e. The largest absolute Gasteiger partial charge is 0.338 e. The highest BCUT2D eigenvalue weighted by molar-refractivity contribution is 5.91. The topological polar surface area (TPSA) is 62.3 Å². The fraction of sp³-hybridized carbons (Fsp3) is 0.235. The molecule has 5 nitrogen and oxygen atoms in total. The van der Waals surface area contributed by atoms with Crippen LogP contribution < -0.4 is 5.32 Å². The van der Waals surface area contributed by atoms with Gasteiger partial charge in [-0.3, -0.25) is 14.6 Å². The van der Waals surface area contributed by atoms with E-state index in [0.29, 0.717) is 6.54 Å². The molecule has 0 aliphatic heterocycles. The van der Waals surface area contributed by atoms with Crippen LogP contribution in [-0.2, 0) is 16.1 Å². The summed E-state index contributed by atoms with van der Waals surface area (Å²) < 4.78 is 27.0. The molecule has 0 bridgehead atoms. The average molecular weight is 333 g/mol. The van der Waals surface area contributed by atoms with Gasteiger partial charge in [-0.25, -0.2) is 8.78 Å². The molecular weight excluding hydrogens is 316 g/mol. The molecule has 126 valence electrons. The molecule has 1 heterocycles. The Morgan fingerprint density at radius 2 is 1.75 bits per heavy atom. The Labute approximate surface area is 138 Å². The monoisotopic (exact) mass is 333 g/mol. The van der Waals surface area contributed by atoms with Crippen LogP contribution in [0.3, 0.4) is 0 Å². The van der Waals surface area contributed by atoms with Crippen molar-refractivity contribution in [2.75, 3.05) is 11.9 Å². The lowest BCUT2D eigenvalue weighted by molar-refractivity contribution is -0.129. The Bertz CT molecular complexity index is 703. The van der Waals surface area contributed by atoms with E-state index in [2.05, 4.69) is 10.3 Å². The standard InChI is InChI=1S/C17H17F2N3O2/c1-12(23)22(11-13-5-8-20-9-6-13)10-7-16(24)21-17-14(18)3-2-4-15(17)19/h2-6,8-9H,7,10-11H2,1H3,(H,21,24). The number of carbonyl (C=O) groups excluding carboxylic acids is 2. The third-order valence-electron chi connectivity index (χ3n) is 3.40. The zero-order valence-corrected chi connectivity index (χ0v) is 13.1. The second kappa shape index (κ2) is 8.14. The predicted octanol–water partition coefficient (Wildman–Crippen LogP) is 2.74. The molecule has 0 radical (unpaired) electrons. The van der Waals surface area contributed by atoms with E-state index in [1.807, 2.05) is 0 Å². The highest BCUT2D eigenvalue weighted by Crippen LogP contribution is 2.18. The number of aromatic nitrogens is 1. The van der Waals surface area contributed by atoms with E-state index in [4.69, 9.17) is 0 Å². The number of benzene rings is 1. The first-order valence-electron chi connectivity index (χ1n) is 7.35. The van der Waals surface area contributed by atoms with Gasteiger partial charge in [0.05, 0.1) is 0 Å². The Kier molecular flexibility index (Phi) is 5.95. The van der Waals surface area contributed by atoms with Crippen LogP contribution in [0.1, 0.15) is 18.9 Å². The lowest BCUT2D eigenvalue weighted by Crippen LogP contribution is -2.31. The van der Waals surface area contributed by atoms with E-state index in [1.54, 1.807) is 24.5 Å². The van der Waals surface area contributed by atoms with Crippen molar-refractivity contribution < 1.29 is 18.4 Å². The van der Waals surface area contributed by atoms with Crippen LogP contribution >= 0.6 is 0 Å². The van der Waals surface area contributed by atoms with Gasteiger partial charge in [-0.2, -0.15) is 0 Å². The van der Waals surface area contributed by atoms with Crippen molar-refractivity contribution in [1.82, 2.24) is 9.88 Å². The fourth-order valence-electron chi connectivity index (χ4n) is 2.11. The molecule has 0 fully saturated rings. The number of rotatable bonds is 6. The van der Waals surface area contributed by atoms with Crippen molar-refractivity contribution in [3.8, 4) is 0 Å². The smallest absolute Gasteiger partial charge is 0.226 e. The Hall–Kier alpha value is -2.83. The van der Waals surface area contributed by atoms with E-state index in [-0.39, 0.29) is 18.9 Å².